The zero-order valence-corrected chi connectivity index (χ0v) is 11.2. The maximum atomic E-state index is 11.5. The fraction of sp³-hybridized carbons (Fsp3) is 0.846. The van der Waals surface area contributed by atoms with Gasteiger partial charge in [-0.3, -0.25) is 4.79 Å². The largest absolute Gasteiger partial charge is 0.481 e. The van der Waals surface area contributed by atoms with Gasteiger partial charge in [-0.15, -0.1) is 0 Å². The number of urea groups is 1. The lowest BCUT2D eigenvalue weighted by Crippen LogP contribution is -2.49. The highest BCUT2D eigenvalue weighted by molar-refractivity contribution is 5.78. The minimum Gasteiger partial charge on any atom is -0.481 e. The van der Waals surface area contributed by atoms with Crippen molar-refractivity contribution in [3.63, 3.8) is 0 Å². The van der Waals surface area contributed by atoms with E-state index in [9.17, 15) is 9.59 Å². The minimum atomic E-state index is -0.798. The van der Waals surface area contributed by atoms with Crippen LogP contribution in [0.4, 0.5) is 4.79 Å². The number of carboxylic acids is 1. The Balaban J connectivity index is 1.52. The molecule has 2 amide bonds. The first-order chi connectivity index (χ1) is 9.12. The van der Waals surface area contributed by atoms with Gasteiger partial charge in [-0.05, 0) is 38.6 Å². The molecule has 2 saturated carbocycles. The first-order valence-electron chi connectivity index (χ1n) is 7.11. The summed E-state index contributed by atoms with van der Waals surface area (Å²) in [6.45, 7) is 1.77. The zero-order valence-electron chi connectivity index (χ0n) is 11.2. The second kappa shape index (κ2) is 6.23. The Morgan fingerprint density at radius 3 is 2.42 bits per heavy atom. The monoisotopic (exact) mass is 269 g/mol. The molecule has 0 bridgehead atoms. The quantitative estimate of drug-likeness (QED) is 0.488. The molecule has 0 aromatic heterocycles. The molecule has 2 aliphatic rings. The molecule has 0 radical (unpaired) electrons. The van der Waals surface area contributed by atoms with Gasteiger partial charge in [-0.25, -0.2) is 4.79 Å². The summed E-state index contributed by atoms with van der Waals surface area (Å²) >= 11 is 0. The minimum absolute atomic E-state index is 0.231. The first-order valence-corrected chi connectivity index (χ1v) is 7.11. The summed E-state index contributed by atoms with van der Waals surface area (Å²) in [5.41, 5.74) is -0.717. The van der Waals surface area contributed by atoms with Gasteiger partial charge in [0.05, 0.1) is 5.41 Å². The summed E-state index contributed by atoms with van der Waals surface area (Å²) in [6.07, 6.45) is 5.69. The molecule has 0 spiro atoms. The van der Waals surface area contributed by atoms with Crippen LogP contribution < -0.4 is 16.0 Å². The first kappa shape index (κ1) is 14.1. The molecule has 6 heteroatoms. The lowest BCUT2D eigenvalue weighted by Gasteiger charge is -2.37. The van der Waals surface area contributed by atoms with E-state index in [0.717, 1.165) is 19.4 Å². The third-order valence-corrected chi connectivity index (χ3v) is 4.00. The van der Waals surface area contributed by atoms with Crippen molar-refractivity contribution in [2.45, 2.75) is 44.6 Å². The number of nitrogens with one attached hydrogen (secondary N) is 3. The average molecular weight is 269 g/mol. The highest BCUT2D eigenvalue weighted by Gasteiger charge is 2.44. The van der Waals surface area contributed by atoms with E-state index in [0.29, 0.717) is 25.4 Å². The number of rotatable bonds is 8. The van der Waals surface area contributed by atoms with Crippen LogP contribution in [0.15, 0.2) is 0 Å². The van der Waals surface area contributed by atoms with E-state index in [1.54, 1.807) is 0 Å². The van der Waals surface area contributed by atoms with Crippen LogP contribution in [0.1, 0.15) is 38.5 Å². The number of carboxylic acid groups (broad SMARTS) is 1. The van der Waals surface area contributed by atoms with Crippen molar-refractivity contribution in [2.75, 3.05) is 19.6 Å². The molecule has 0 aromatic rings. The Hall–Kier alpha value is -1.30. The van der Waals surface area contributed by atoms with Gasteiger partial charge in [0.15, 0.2) is 0 Å². The summed E-state index contributed by atoms with van der Waals surface area (Å²) < 4.78 is 0. The van der Waals surface area contributed by atoms with Crippen LogP contribution in [0.25, 0.3) is 0 Å². The number of carbonyl (C=O) groups is 2. The van der Waals surface area contributed by atoms with E-state index < -0.39 is 11.4 Å². The van der Waals surface area contributed by atoms with Gasteiger partial charge in [-0.1, -0.05) is 6.42 Å². The predicted octanol–water partition coefficient (Wildman–Crippen LogP) is 0.683. The zero-order chi connectivity index (χ0) is 13.7. The Bertz CT molecular complexity index is 338. The Labute approximate surface area is 113 Å². The van der Waals surface area contributed by atoms with E-state index in [1.807, 2.05) is 0 Å². The average Bonchev–Trinajstić information content (AvgIpc) is 3.10. The summed E-state index contributed by atoms with van der Waals surface area (Å²) in [6, 6.07) is 0.432. The predicted molar refractivity (Wildman–Crippen MR) is 71.0 cm³/mol. The number of carbonyl (C=O) groups excluding carboxylic acids is 1. The van der Waals surface area contributed by atoms with E-state index in [4.69, 9.17) is 5.11 Å². The normalized spacial score (nSPS) is 20.4. The maximum absolute atomic E-state index is 11.5. The van der Waals surface area contributed by atoms with Crippen molar-refractivity contribution in [1.82, 2.24) is 16.0 Å². The van der Waals surface area contributed by atoms with Crippen molar-refractivity contribution in [1.29, 1.82) is 0 Å². The van der Waals surface area contributed by atoms with E-state index in [1.165, 1.54) is 12.8 Å². The van der Waals surface area contributed by atoms with Crippen molar-refractivity contribution < 1.29 is 14.7 Å². The van der Waals surface area contributed by atoms with Gasteiger partial charge < -0.3 is 21.1 Å². The van der Waals surface area contributed by atoms with Crippen LogP contribution in [0.5, 0.6) is 0 Å². The molecule has 0 aromatic carbocycles. The molecule has 6 nitrogen and oxygen atoms in total. The van der Waals surface area contributed by atoms with Crippen LogP contribution >= 0.6 is 0 Å². The van der Waals surface area contributed by atoms with Crippen molar-refractivity contribution in [3.05, 3.63) is 0 Å². The SMILES string of the molecule is O=C(NCCCNC1CC1)NCC1(C(=O)O)CCC1. The van der Waals surface area contributed by atoms with Crippen LogP contribution in [-0.2, 0) is 4.79 Å². The highest BCUT2D eigenvalue weighted by atomic mass is 16.4. The molecule has 108 valence electrons. The van der Waals surface area contributed by atoms with Crippen molar-refractivity contribution >= 4 is 12.0 Å². The van der Waals surface area contributed by atoms with Gasteiger partial charge in [0.25, 0.3) is 0 Å². The second-order valence-corrected chi connectivity index (χ2v) is 5.63. The lowest BCUT2D eigenvalue weighted by atomic mass is 9.69. The number of amides is 2. The third-order valence-electron chi connectivity index (χ3n) is 4.00. The van der Waals surface area contributed by atoms with E-state index in [2.05, 4.69) is 16.0 Å². The molecule has 4 N–H and O–H groups in total. The molecule has 0 saturated heterocycles. The number of hydrogen-bond acceptors (Lipinski definition) is 3. The molecule has 2 fully saturated rings. The van der Waals surface area contributed by atoms with Crippen molar-refractivity contribution in [2.24, 2.45) is 5.41 Å². The Kier molecular flexibility index (Phi) is 4.63. The fourth-order valence-corrected chi connectivity index (χ4v) is 2.27. The summed E-state index contributed by atoms with van der Waals surface area (Å²) in [5, 5.41) is 17.9. The van der Waals surface area contributed by atoms with Crippen LogP contribution in [0.3, 0.4) is 0 Å². The van der Waals surface area contributed by atoms with Crippen LogP contribution in [0.2, 0.25) is 0 Å². The van der Waals surface area contributed by atoms with Crippen LogP contribution in [-0.4, -0.2) is 42.8 Å². The summed E-state index contributed by atoms with van der Waals surface area (Å²) in [5.74, 6) is -0.798. The highest BCUT2D eigenvalue weighted by Crippen LogP contribution is 2.40. The standard InChI is InChI=1S/C13H23N3O3/c17-11(18)13(5-1-6-13)9-16-12(19)15-8-2-7-14-10-3-4-10/h10,14H,1-9H2,(H,17,18)(H2,15,16,19). The molecule has 2 rings (SSSR count). The third kappa shape index (κ3) is 4.09. The smallest absolute Gasteiger partial charge is 0.314 e. The van der Waals surface area contributed by atoms with Gasteiger partial charge >= 0.3 is 12.0 Å². The Morgan fingerprint density at radius 1 is 1.16 bits per heavy atom. The van der Waals surface area contributed by atoms with Gasteiger partial charge in [-0.2, -0.15) is 0 Å². The number of hydrogen-bond donors (Lipinski definition) is 4. The molecular weight excluding hydrogens is 246 g/mol. The van der Waals surface area contributed by atoms with Gasteiger partial charge in [0.2, 0.25) is 0 Å². The van der Waals surface area contributed by atoms with E-state index >= 15 is 0 Å². The maximum Gasteiger partial charge on any atom is 0.314 e. The molecule has 19 heavy (non-hydrogen) atoms. The fourth-order valence-electron chi connectivity index (χ4n) is 2.27. The number of aliphatic carboxylic acids is 1. The van der Waals surface area contributed by atoms with Crippen LogP contribution in [0, 0.1) is 5.41 Å². The van der Waals surface area contributed by atoms with Crippen molar-refractivity contribution in [3.8, 4) is 0 Å². The lowest BCUT2D eigenvalue weighted by molar-refractivity contribution is -0.153. The molecule has 2 aliphatic carbocycles. The molecule has 0 atom stereocenters. The van der Waals surface area contributed by atoms with Gasteiger partial charge in [0, 0.05) is 19.1 Å². The molecule has 0 unspecified atom stereocenters. The second-order valence-electron chi connectivity index (χ2n) is 5.63. The molecular formula is C13H23N3O3. The van der Waals surface area contributed by atoms with E-state index in [-0.39, 0.29) is 12.6 Å². The summed E-state index contributed by atoms with van der Waals surface area (Å²) in [7, 11) is 0. The topological polar surface area (TPSA) is 90.5 Å². The molecule has 0 heterocycles. The Morgan fingerprint density at radius 2 is 1.89 bits per heavy atom. The molecule has 0 aliphatic heterocycles. The summed E-state index contributed by atoms with van der Waals surface area (Å²) in [4.78, 5) is 22.6. The van der Waals surface area contributed by atoms with Gasteiger partial charge in [0.1, 0.15) is 0 Å².